The van der Waals surface area contributed by atoms with Gasteiger partial charge in [0.15, 0.2) is 0 Å². The molecule has 0 spiro atoms. The summed E-state index contributed by atoms with van der Waals surface area (Å²) in [6.07, 6.45) is 0. The molecule has 2 N–H and O–H groups in total. The van der Waals surface area contributed by atoms with Crippen LogP contribution in [-0.4, -0.2) is 52.6 Å². The van der Waals surface area contributed by atoms with Gasteiger partial charge in [0.2, 0.25) is 10.0 Å². The van der Waals surface area contributed by atoms with Crippen molar-refractivity contribution < 1.29 is 17.9 Å². The molecule has 1 heterocycles. The van der Waals surface area contributed by atoms with Crippen molar-refractivity contribution in [2.75, 3.05) is 38.2 Å². The predicted octanol–water partition coefficient (Wildman–Crippen LogP) is 3.03. The Morgan fingerprint density at radius 1 is 0.879 bits per heavy atom. The Morgan fingerprint density at radius 2 is 1.42 bits per heavy atom. The molecule has 4 rings (SSSR count). The number of benzene rings is 3. The lowest BCUT2D eigenvalue weighted by atomic mass is 9.96. The van der Waals surface area contributed by atoms with Crippen LogP contribution in [0.1, 0.15) is 27.5 Å². The Hall–Kier alpha value is -3.20. The van der Waals surface area contributed by atoms with Gasteiger partial charge in [0.1, 0.15) is 0 Å². The Balaban J connectivity index is 1.60. The quantitative estimate of drug-likeness (QED) is 0.563. The summed E-state index contributed by atoms with van der Waals surface area (Å²) in [6.45, 7) is 2.89. The first kappa shape index (κ1) is 23.0. The van der Waals surface area contributed by atoms with Crippen molar-refractivity contribution in [3.05, 3.63) is 95.6 Å². The van der Waals surface area contributed by atoms with E-state index in [1.165, 1.54) is 30.4 Å². The second-order valence-electron chi connectivity index (χ2n) is 7.96. The maximum Gasteiger partial charge on any atom is 0.340 e. The smallest absolute Gasteiger partial charge is 0.340 e. The van der Waals surface area contributed by atoms with Crippen LogP contribution in [0.3, 0.4) is 0 Å². The summed E-state index contributed by atoms with van der Waals surface area (Å²) in [5, 5.41) is 5.26. The van der Waals surface area contributed by atoms with Gasteiger partial charge in [0, 0.05) is 26.2 Å². The summed E-state index contributed by atoms with van der Waals surface area (Å²) in [5.41, 5.74) is 3.29. The number of primary sulfonamides is 1. The van der Waals surface area contributed by atoms with E-state index in [1.807, 2.05) is 12.1 Å². The highest BCUT2D eigenvalue weighted by Crippen LogP contribution is 2.31. The predicted molar refractivity (Wildman–Crippen MR) is 128 cm³/mol. The molecule has 0 bridgehead atoms. The Labute approximate surface area is 194 Å². The number of ether oxygens (including phenoxy) is 1. The largest absolute Gasteiger partial charge is 0.465 e. The standard InChI is InChI=1S/C25H27N3O4S/c1-32-25(29)22-18-21(33(26,30)31)12-13-23(22)27-14-16-28(17-15-27)24(19-8-4-2-5-9-19)20-10-6-3-7-11-20/h2-13,18,24H,14-17H2,1H3,(H2,26,30,31). The van der Waals surface area contributed by atoms with Crippen molar-refractivity contribution in [2.45, 2.75) is 10.9 Å². The number of carbonyl (C=O) groups is 1. The molecule has 0 aromatic heterocycles. The number of sulfonamides is 1. The van der Waals surface area contributed by atoms with Crippen molar-refractivity contribution in [1.82, 2.24) is 4.90 Å². The topological polar surface area (TPSA) is 92.9 Å². The molecule has 33 heavy (non-hydrogen) atoms. The van der Waals surface area contributed by atoms with Crippen LogP contribution < -0.4 is 10.0 Å². The molecular formula is C25H27N3O4S. The van der Waals surface area contributed by atoms with E-state index in [1.54, 1.807) is 6.07 Å². The van der Waals surface area contributed by atoms with Crippen molar-refractivity contribution in [1.29, 1.82) is 0 Å². The molecule has 172 valence electrons. The lowest BCUT2D eigenvalue weighted by Crippen LogP contribution is -2.48. The van der Waals surface area contributed by atoms with E-state index in [0.29, 0.717) is 18.8 Å². The minimum Gasteiger partial charge on any atom is -0.465 e. The van der Waals surface area contributed by atoms with Crippen LogP contribution in [0.15, 0.2) is 83.8 Å². The van der Waals surface area contributed by atoms with Crippen molar-refractivity contribution >= 4 is 21.7 Å². The van der Waals surface area contributed by atoms with E-state index in [-0.39, 0.29) is 16.5 Å². The summed E-state index contributed by atoms with van der Waals surface area (Å²) >= 11 is 0. The number of rotatable bonds is 6. The van der Waals surface area contributed by atoms with Gasteiger partial charge in [-0.2, -0.15) is 0 Å². The Morgan fingerprint density at radius 3 is 1.91 bits per heavy atom. The molecule has 3 aromatic carbocycles. The van der Waals surface area contributed by atoms with E-state index in [4.69, 9.17) is 9.88 Å². The molecule has 8 heteroatoms. The zero-order valence-electron chi connectivity index (χ0n) is 18.4. The summed E-state index contributed by atoms with van der Waals surface area (Å²) in [5.74, 6) is -0.593. The molecule has 0 saturated carbocycles. The molecule has 0 amide bonds. The van der Waals surface area contributed by atoms with E-state index < -0.39 is 16.0 Å². The molecule has 1 fully saturated rings. The second kappa shape index (κ2) is 9.74. The van der Waals surface area contributed by atoms with E-state index in [0.717, 1.165) is 13.1 Å². The number of hydrogen-bond donors (Lipinski definition) is 1. The first-order valence-corrected chi connectivity index (χ1v) is 12.3. The number of carbonyl (C=O) groups excluding carboxylic acids is 1. The first-order valence-electron chi connectivity index (χ1n) is 10.7. The van der Waals surface area contributed by atoms with Gasteiger partial charge in [-0.3, -0.25) is 4.90 Å². The molecule has 0 unspecified atom stereocenters. The van der Waals surface area contributed by atoms with Gasteiger partial charge in [0.05, 0.1) is 29.3 Å². The van der Waals surface area contributed by atoms with Crippen LogP contribution in [0.25, 0.3) is 0 Å². The van der Waals surface area contributed by atoms with Crippen molar-refractivity contribution in [3.8, 4) is 0 Å². The van der Waals surface area contributed by atoms with Gasteiger partial charge in [-0.25, -0.2) is 18.4 Å². The van der Waals surface area contributed by atoms with Crippen LogP contribution in [0.2, 0.25) is 0 Å². The van der Waals surface area contributed by atoms with Crippen molar-refractivity contribution in [2.24, 2.45) is 5.14 Å². The lowest BCUT2D eigenvalue weighted by molar-refractivity contribution is 0.0601. The van der Waals surface area contributed by atoms with Gasteiger partial charge < -0.3 is 9.64 Å². The van der Waals surface area contributed by atoms with Gasteiger partial charge in [-0.1, -0.05) is 60.7 Å². The number of piperazine rings is 1. The van der Waals surface area contributed by atoms with E-state index in [9.17, 15) is 13.2 Å². The first-order chi connectivity index (χ1) is 15.9. The number of methoxy groups -OCH3 is 1. The fourth-order valence-electron chi connectivity index (χ4n) is 4.35. The molecule has 3 aromatic rings. The third-order valence-electron chi connectivity index (χ3n) is 5.95. The number of esters is 1. The minimum absolute atomic E-state index is 0.112. The van der Waals surface area contributed by atoms with Crippen LogP contribution in [0.4, 0.5) is 5.69 Å². The summed E-state index contributed by atoms with van der Waals surface area (Å²) < 4.78 is 28.5. The molecule has 1 saturated heterocycles. The third-order valence-corrected chi connectivity index (χ3v) is 6.86. The highest BCUT2D eigenvalue weighted by Gasteiger charge is 2.28. The highest BCUT2D eigenvalue weighted by molar-refractivity contribution is 7.89. The summed E-state index contributed by atoms with van der Waals surface area (Å²) in [4.78, 5) is 16.8. The number of anilines is 1. The number of nitrogens with zero attached hydrogens (tertiary/aromatic N) is 2. The fourth-order valence-corrected chi connectivity index (χ4v) is 4.89. The zero-order valence-corrected chi connectivity index (χ0v) is 19.2. The molecule has 0 radical (unpaired) electrons. The van der Waals surface area contributed by atoms with Crippen molar-refractivity contribution in [3.63, 3.8) is 0 Å². The molecule has 0 atom stereocenters. The SMILES string of the molecule is COC(=O)c1cc(S(N)(=O)=O)ccc1N1CCN(C(c2ccccc2)c2ccccc2)CC1. The van der Waals surface area contributed by atoms with Gasteiger partial charge >= 0.3 is 5.97 Å². The molecule has 1 aliphatic rings. The van der Waals surface area contributed by atoms with E-state index in [2.05, 4.69) is 58.3 Å². The number of nitrogens with two attached hydrogens (primary N) is 1. The van der Waals surface area contributed by atoms with Crippen LogP contribution in [0, 0.1) is 0 Å². The normalized spacial score (nSPS) is 14.9. The van der Waals surface area contributed by atoms with E-state index >= 15 is 0 Å². The maximum atomic E-state index is 12.4. The average Bonchev–Trinajstić information content (AvgIpc) is 2.84. The molecular weight excluding hydrogens is 438 g/mol. The minimum atomic E-state index is -3.93. The highest BCUT2D eigenvalue weighted by atomic mass is 32.2. The molecule has 1 aliphatic heterocycles. The van der Waals surface area contributed by atoms with Crippen LogP contribution >= 0.6 is 0 Å². The number of hydrogen-bond acceptors (Lipinski definition) is 6. The van der Waals surface area contributed by atoms with Gasteiger partial charge in [0.25, 0.3) is 0 Å². The summed E-state index contributed by atoms with van der Waals surface area (Å²) in [6, 6.07) is 25.3. The fraction of sp³-hybridized carbons (Fsp3) is 0.240. The Bertz CT molecular complexity index is 1170. The second-order valence-corrected chi connectivity index (χ2v) is 9.52. The summed E-state index contributed by atoms with van der Waals surface area (Å²) in [7, 11) is -2.65. The lowest BCUT2D eigenvalue weighted by Gasteiger charge is -2.41. The monoisotopic (exact) mass is 465 g/mol. The molecule has 0 aliphatic carbocycles. The van der Waals surface area contributed by atoms with Gasteiger partial charge in [-0.15, -0.1) is 0 Å². The Kier molecular flexibility index (Phi) is 6.78. The zero-order chi connectivity index (χ0) is 23.4. The van der Waals surface area contributed by atoms with Crippen LogP contribution in [0.5, 0.6) is 0 Å². The third kappa shape index (κ3) is 5.08. The average molecular weight is 466 g/mol. The van der Waals surface area contributed by atoms with Gasteiger partial charge in [-0.05, 0) is 29.3 Å². The molecule has 7 nitrogen and oxygen atoms in total. The maximum absolute atomic E-state index is 12.4. The van der Waals surface area contributed by atoms with Crippen LogP contribution in [-0.2, 0) is 14.8 Å².